The number of rotatable bonds is 9. The second-order valence-corrected chi connectivity index (χ2v) is 7.23. The van der Waals surface area contributed by atoms with E-state index in [1.807, 2.05) is 18.2 Å². The molecule has 0 saturated heterocycles. The number of carbonyl (C=O) groups is 1. The molecule has 2 aromatic carbocycles. The Morgan fingerprint density at radius 1 is 1.03 bits per heavy atom. The minimum atomic E-state index is -0.504. The molecule has 0 aliphatic heterocycles. The molecule has 0 aliphatic carbocycles. The molecule has 0 radical (unpaired) electrons. The van der Waals surface area contributed by atoms with Gasteiger partial charge in [-0.3, -0.25) is 4.79 Å². The van der Waals surface area contributed by atoms with Gasteiger partial charge >= 0.3 is 0 Å². The molecule has 5 heteroatoms. The van der Waals surface area contributed by atoms with E-state index in [2.05, 4.69) is 60.5 Å². The van der Waals surface area contributed by atoms with Gasteiger partial charge in [-0.05, 0) is 56.0 Å². The molecule has 3 rings (SSSR count). The van der Waals surface area contributed by atoms with Crippen LogP contribution in [-0.2, 0) is 6.42 Å². The van der Waals surface area contributed by atoms with Crippen LogP contribution in [0.3, 0.4) is 0 Å². The molecule has 150 valence electrons. The first-order valence-corrected chi connectivity index (χ1v) is 9.85. The van der Waals surface area contributed by atoms with Gasteiger partial charge in [0.15, 0.2) is 0 Å². The van der Waals surface area contributed by atoms with Gasteiger partial charge in [-0.2, -0.15) is 0 Å². The fourth-order valence-corrected chi connectivity index (χ4v) is 3.16. The predicted octanol–water partition coefficient (Wildman–Crippen LogP) is 4.64. The SMILES string of the molecule is CC(CCc1ccc(Oc2ccc(C(N)=O)cn2)cc1)NC(C)c1ccccc1. The molecule has 29 heavy (non-hydrogen) atoms. The van der Waals surface area contributed by atoms with Crippen LogP contribution in [0.4, 0.5) is 0 Å². The molecule has 2 atom stereocenters. The standard InChI is InChI=1S/C24H27N3O2/c1-17(27-18(2)20-6-4-3-5-7-20)8-9-19-10-13-22(14-11-19)29-23-15-12-21(16-26-23)24(25)28/h3-7,10-18,27H,8-9H2,1-2H3,(H2,25,28). The molecule has 0 saturated carbocycles. The summed E-state index contributed by atoms with van der Waals surface area (Å²) in [7, 11) is 0. The predicted molar refractivity (Wildman–Crippen MR) is 115 cm³/mol. The molecular formula is C24H27N3O2. The molecule has 1 aromatic heterocycles. The van der Waals surface area contributed by atoms with Gasteiger partial charge in [-0.25, -0.2) is 4.98 Å². The molecule has 0 fully saturated rings. The lowest BCUT2D eigenvalue weighted by Crippen LogP contribution is -2.29. The zero-order valence-corrected chi connectivity index (χ0v) is 16.8. The number of nitrogens with two attached hydrogens (primary N) is 1. The number of amides is 1. The Morgan fingerprint density at radius 2 is 1.76 bits per heavy atom. The van der Waals surface area contributed by atoms with Crippen molar-refractivity contribution in [1.29, 1.82) is 0 Å². The van der Waals surface area contributed by atoms with Gasteiger partial charge in [-0.1, -0.05) is 42.5 Å². The summed E-state index contributed by atoms with van der Waals surface area (Å²) in [6, 6.07) is 22.5. The monoisotopic (exact) mass is 389 g/mol. The number of primary amides is 1. The van der Waals surface area contributed by atoms with E-state index < -0.39 is 5.91 Å². The molecule has 2 unspecified atom stereocenters. The molecule has 3 N–H and O–H groups in total. The molecular weight excluding hydrogens is 362 g/mol. The van der Waals surface area contributed by atoms with Crippen LogP contribution in [0.2, 0.25) is 0 Å². The van der Waals surface area contributed by atoms with Crippen molar-refractivity contribution >= 4 is 5.91 Å². The zero-order chi connectivity index (χ0) is 20.6. The van der Waals surface area contributed by atoms with E-state index in [9.17, 15) is 4.79 Å². The van der Waals surface area contributed by atoms with Crippen molar-refractivity contribution < 1.29 is 9.53 Å². The lowest BCUT2D eigenvalue weighted by molar-refractivity contribution is 0.1000. The van der Waals surface area contributed by atoms with Gasteiger partial charge in [0.2, 0.25) is 11.8 Å². The maximum atomic E-state index is 11.1. The summed E-state index contributed by atoms with van der Waals surface area (Å²) in [6.45, 7) is 4.42. The summed E-state index contributed by atoms with van der Waals surface area (Å²) in [5.74, 6) is 0.628. The fraction of sp³-hybridized carbons (Fsp3) is 0.250. The number of hydrogen-bond donors (Lipinski definition) is 2. The van der Waals surface area contributed by atoms with Crippen LogP contribution in [0, 0.1) is 0 Å². The van der Waals surface area contributed by atoms with Crippen molar-refractivity contribution in [2.45, 2.75) is 38.8 Å². The second-order valence-electron chi connectivity index (χ2n) is 7.23. The van der Waals surface area contributed by atoms with Crippen LogP contribution in [0.25, 0.3) is 0 Å². The molecule has 1 amide bonds. The number of aryl methyl sites for hydroxylation is 1. The highest BCUT2D eigenvalue weighted by atomic mass is 16.5. The molecule has 0 spiro atoms. The summed E-state index contributed by atoms with van der Waals surface area (Å²) in [5, 5.41) is 3.66. The van der Waals surface area contributed by atoms with Crippen molar-refractivity contribution in [3.05, 3.63) is 89.6 Å². The molecule has 5 nitrogen and oxygen atoms in total. The first-order chi connectivity index (χ1) is 14.0. The molecule has 0 bridgehead atoms. The van der Waals surface area contributed by atoms with Crippen molar-refractivity contribution in [2.75, 3.05) is 0 Å². The Bertz CT molecular complexity index is 909. The van der Waals surface area contributed by atoms with Crippen molar-refractivity contribution in [3.63, 3.8) is 0 Å². The highest BCUT2D eigenvalue weighted by molar-refractivity contribution is 5.92. The van der Waals surface area contributed by atoms with Gasteiger partial charge in [0.25, 0.3) is 0 Å². The average molecular weight is 389 g/mol. The number of nitrogens with zero attached hydrogens (tertiary/aromatic N) is 1. The Labute approximate surface area is 171 Å². The maximum Gasteiger partial charge on any atom is 0.250 e. The summed E-state index contributed by atoms with van der Waals surface area (Å²) < 4.78 is 5.72. The topological polar surface area (TPSA) is 77.2 Å². The van der Waals surface area contributed by atoms with E-state index in [1.54, 1.807) is 12.1 Å². The average Bonchev–Trinajstić information content (AvgIpc) is 2.74. The summed E-state index contributed by atoms with van der Waals surface area (Å²) >= 11 is 0. The summed E-state index contributed by atoms with van der Waals surface area (Å²) in [4.78, 5) is 15.2. The van der Waals surface area contributed by atoms with Crippen molar-refractivity contribution in [1.82, 2.24) is 10.3 Å². The fourth-order valence-electron chi connectivity index (χ4n) is 3.16. The Hall–Kier alpha value is -3.18. The van der Waals surface area contributed by atoms with E-state index >= 15 is 0 Å². The summed E-state index contributed by atoms with van der Waals surface area (Å²) in [6.07, 6.45) is 3.45. The smallest absolute Gasteiger partial charge is 0.250 e. The molecule has 0 aliphatic rings. The third kappa shape index (κ3) is 6.16. The Kier molecular flexibility index (Phi) is 6.98. The number of benzene rings is 2. The van der Waals surface area contributed by atoms with E-state index in [4.69, 9.17) is 10.5 Å². The normalized spacial score (nSPS) is 12.9. The van der Waals surface area contributed by atoms with Crippen LogP contribution in [0.1, 0.15) is 47.8 Å². The first-order valence-electron chi connectivity index (χ1n) is 9.85. The third-order valence-electron chi connectivity index (χ3n) is 4.87. The number of pyridine rings is 1. The number of nitrogens with one attached hydrogen (secondary N) is 1. The van der Waals surface area contributed by atoms with E-state index in [0.717, 1.165) is 12.8 Å². The minimum absolute atomic E-state index is 0.329. The first kappa shape index (κ1) is 20.6. The highest BCUT2D eigenvalue weighted by Gasteiger charge is 2.09. The van der Waals surface area contributed by atoms with E-state index in [1.165, 1.54) is 17.3 Å². The van der Waals surface area contributed by atoms with Crippen molar-refractivity contribution in [2.24, 2.45) is 5.73 Å². The quantitative estimate of drug-likeness (QED) is 0.559. The van der Waals surface area contributed by atoms with E-state index in [-0.39, 0.29) is 0 Å². The number of carbonyl (C=O) groups excluding carboxylic acids is 1. The highest BCUT2D eigenvalue weighted by Crippen LogP contribution is 2.21. The zero-order valence-electron chi connectivity index (χ0n) is 16.8. The van der Waals surface area contributed by atoms with E-state index in [0.29, 0.717) is 29.3 Å². The molecule has 1 heterocycles. The minimum Gasteiger partial charge on any atom is -0.439 e. The number of hydrogen-bond acceptors (Lipinski definition) is 4. The van der Waals surface area contributed by atoms with Crippen LogP contribution in [0.15, 0.2) is 72.9 Å². The van der Waals surface area contributed by atoms with Crippen LogP contribution < -0.4 is 15.8 Å². The van der Waals surface area contributed by atoms with Crippen LogP contribution in [-0.4, -0.2) is 16.9 Å². The lowest BCUT2D eigenvalue weighted by atomic mass is 10.0. The van der Waals surface area contributed by atoms with Crippen LogP contribution >= 0.6 is 0 Å². The van der Waals surface area contributed by atoms with Crippen molar-refractivity contribution in [3.8, 4) is 11.6 Å². The maximum absolute atomic E-state index is 11.1. The van der Waals surface area contributed by atoms with Gasteiger partial charge < -0.3 is 15.8 Å². The Morgan fingerprint density at radius 3 is 2.38 bits per heavy atom. The molecule has 3 aromatic rings. The second kappa shape index (κ2) is 9.85. The summed E-state index contributed by atoms with van der Waals surface area (Å²) in [5.41, 5.74) is 8.14. The van der Waals surface area contributed by atoms with Gasteiger partial charge in [0, 0.05) is 24.3 Å². The number of aromatic nitrogens is 1. The van der Waals surface area contributed by atoms with Gasteiger partial charge in [-0.15, -0.1) is 0 Å². The van der Waals surface area contributed by atoms with Gasteiger partial charge in [0.05, 0.1) is 5.56 Å². The van der Waals surface area contributed by atoms with Gasteiger partial charge in [0.1, 0.15) is 5.75 Å². The van der Waals surface area contributed by atoms with Crippen LogP contribution in [0.5, 0.6) is 11.6 Å². The Balaban J connectivity index is 1.48. The largest absolute Gasteiger partial charge is 0.439 e. The lowest BCUT2D eigenvalue weighted by Gasteiger charge is -2.20. The third-order valence-corrected chi connectivity index (χ3v) is 4.87. The number of ether oxygens (including phenoxy) is 1.